The van der Waals surface area contributed by atoms with E-state index in [-0.39, 0.29) is 17.0 Å². The number of para-hydroxylation sites is 1. The van der Waals surface area contributed by atoms with Crippen molar-refractivity contribution < 1.29 is 14.0 Å². The van der Waals surface area contributed by atoms with E-state index in [0.717, 1.165) is 45.3 Å². The molecule has 1 N–H and O–H groups in total. The molecule has 0 radical (unpaired) electrons. The maximum atomic E-state index is 13.7. The van der Waals surface area contributed by atoms with Gasteiger partial charge in [-0.1, -0.05) is 12.1 Å². The van der Waals surface area contributed by atoms with Crippen LogP contribution < -0.4 is 5.32 Å². The minimum absolute atomic E-state index is 0.154. The normalized spacial score (nSPS) is 26.4. The van der Waals surface area contributed by atoms with E-state index in [1.54, 1.807) is 18.2 Å². The monoisotopic (exact) mass is 373 g/mol. The molecule has 2 amide bonds. The first-order valence-corrected chi connectivity index (χ1v) is 10.1. The Bertz CT molecular complexity index is 721. The Morgan fingerprint density at radius 3 is 2.81 bits per heavy atom. The highest BCUT2D eigenvalue weighted by molar-refractivity contribution is 5.90. The van der Waals surface area contributed by atoms with Gasteiger partial charge in [0, 0.05) is 43.9 Å². The molecule has 3 fully saturated rings. The third-order valence-corrected chi connectivity index (χ3v) is 6.23. The zero-order valence-electron chi connectivity index (χ0n) is 15.8. The molecule has 1 aromatic carbocycles. The van der Waals surface area contributed by atoms with Crippen molar-refractivity contribution in [3.63, 3.8) is 0 Å². The van der Waals surface area contributed by atoms with E-state index >= 15 is 0 Å². The summed E-state index contributed by atoms with van der Waals surface area (Å²) in [4.78, 5) is 28.9. The Hall–Kier alpha value is -1.95. The van der Waals surface area contributed by atoms with Crippen LogP contribution in [0, 0.1) is 11.2 Å². The number of likely N-dealkylation sites (tertiary alicyclic amines) is 2. The summed E-state index contributed by atoms with van der Waals surface area (Å²) in [5.41, 5.74) is 0.431. The molecule has 6 heteroatoms. The van der Waals surface area contributed by atoms with E-state index in [1.807, 2.05) is 0 Å². The molecular formula is C21H28FN3O2. The summed E-state index contributed by atoms with van der Waals surface area (Å²) in [5, 5.41) is 2.66. The molecule has 5 nitrogen and oxygen atoms in total. The van der Waals surface area contributed by atoms with Crippen molar-refractivity contribution in [3.05, 3.63) is 30.1 Å². The highest BCUT2D eigenvalue weighted by Crippen LogP contribution is 2.42. The Kier molecular flexibility index (Phi) is 5.17. The summed E-state index contributed by atoms with van der Waals surface area (Å²) in [7, 11) is 0. The zero-order chi connectivity index (χ0) is 18.9. The van der Waals surface area contributed by atoms with Crippen LogP contribution in [-0.2, 0) is 9.59 Å². The molecule has 1 saturated carbocycles. The molecule has 0 bridgehead atoms. The van der Waals surface area contributed by atoms with Crippen molar-refractivity contribution in [1.82, 2.24) is 9.80 Å². The van der Waals surface area contributed by atoms with Gasteiger partial charge in [-0.2, -0.15) is 0 Å². The number of amides is 2. The number of carbonyl (C=O) groups excluding carboxylic acids is 2. The molecular weight excluding hydrogens is 345 g/mol. The smallest absolute Gasteiger partial charge is 0.225 e. The molecule has 146 valence electrons. The van der Waals surface area contributed by atoms with Crippen LogP contribution in [0.3, 0.4) is 0 Å². The van der Waals surface area contributed by atoms with Crippen molar-refractivity contribution in [2.24, 2.45) is 5.41 Å². The Morgan fingerprint density at radius 1 is 1.22 bits per heavy atom. The maximum absolute atomic E-state index is 13.7. The van der Waals surface area contributed by atoms with Crippen molar-refractivity contribution >= 4 is 17.5 Å². The van der Waals surface area contributed by atoms with Crippen LogP contribution in [0.1, 0.15) is 44.9 Å². The second kappa shape index (κ2) is 7.58. The average molecular weight is 373 g/mol. The first-order chi connectivity index (χ1) is 13.0. The number of nitrogens with one attached hydrogen (secondary N) is 1. The number of rotatable bonds is 5. The number of carbonyl (C=O) groups is 2. The number of halogens is 1. The maximum Gasteiger partial charge on any atom is 0.225 e. The number of nitrogens with zero attached hydrogens (tertiary/aromatic N) is 2. The minimum Gasteiger partial charge on any atom is -0.339 e. The van der Waals surface area contributed by atoms with Crippen molar-refractivity contribution in [3.8, 4) is 0 Å². The van der Waals surface area contributed by atoms with Crippen molar-refractivity contribution in [2.75, 3.05) is 31.5 Å². The molecule has 1 spiro atoms. The lowest BCUT2D eigenvalue weighted by molar-refractivity contribution is -0.140. The number of piperidine rings is 2. The fourth-order valence-corrected chi connectivity index (χ4v) is 4.63. The summed E-state index contributed by atoms with van der Waals surface area (Å²) >= 11 is 0. The van der Waals surface area contributed by atoms with Gasteiger partial charge in [-0.25, -0.2) is 4.39 Å². The van der Waals surface area contributed by atoms with Crippen LogP contribution in [0.2, 0.25) is 0 Å². The van der Waals surface area contributed by atoms with Crippen molar-refractivity contribution in [2.45, 2.75) is 51.0 Å². The summed E-state index contributed by atoms with van der Waals surface area (Å²) < 4.78 is 13.7. The van der Waals surface area contributed by atoms with E-state index in [0.29, 0.717) is 31.3 Å². The number of hydrogen-bond acceptors (Lipinski definition) is 3. The predicted molar refractivity (Wildman–Crippen MR) is 102 cm³/mol. The lowest BCUT2D eigenvalue weighted by atomic mass is 9.73. The molecule has 0 aromatic heterocycles. The molecule has 1 aliphatic carbocycles. The Morgan fingerprint density at radius 2 is 2.04 bits per heavy atom. The summed E-state index contributed by atoms with van der Waals surface area (Å²) in [5.74, 6) is -0.238. The second-order valence-electron chi connectivity index (χ2n) is 8.41. The van der Waals surface area contributed by atoms with Gasteiger partial charge in [0.05, 0.1) is 5.69 Å². The lowest BCUT2D eigenvalue weighted by Gasteiger charge is -2.48. The van der Waals surface area contributed by atoms with Crippen molar-refractivity contribution in [1.29, 1.82) is 0 Å². The van der Waals surface area contributed by atoms with Gasteiger partial charge >= 0.3 is 0 Å². The van der Waals surface area contributed by atoms with Gasteiger partial charge in [-0.3, -0.25) is 9.59 Å². The fraction of sp³-hybridized carbons (Fsp3) is 0.619. The zero-order valence-corrected chi connectivity index (χ0v) is 15.8. The first kappa shape index (κ1) is 18.4. The molecule has 2 aliphatic heterocycles. The molecule has 4 rings (SSSR count). The highest BCUT2D eigenvalue weighted by atomic mass is 19.1. The van der Waals surface area contributed by atoms with Crippen LogP contribution in [0.25, 0.3) is 0 Å². The standard InChI is InChI=1S/C21H28FN3O2/c22-17-4-1-2-5-18(17)23-19(26)9-13-24-12-3-10-21(14-24)11-8-20(27)25(15-21)16-6-7-16/h1-2,4-5,16H,3,6-15H2,(H,23,26)/t21-/m0/s1. The lowest BCUT2D eigenvalue weighted by Crippen LogP contribution is -2.54. The van der Waals surface area contributed by atoms with Crippen LogP contribution in [0.15, 0.2) is 24.3 Å². The summed E-state index contributed by atoms with van der Waals surface area (Å²) in [6.07, 6.45) is 6.58. The van der Waals surface area contributed by atoms with E-state index in [2.05, 4.69) is 15.1 Å². The topological polar surface area (TPSA) is 52.7 Å². The summed E-state index contributed by atoms with van der Waals surface area (Å²) in [6.45, 7) is 3.51. The third-order valence-electron chi connectivity index (χ3n) is 6.23. The Labute approximate surface area is 159 Å². The van der Waals surface area contributed by atoms with Gasteiger partial charge in [-0.05, 0) is 50.8 Å². The predicted octanol–water partition coefficient (Wildman–Crippen LogP) is 3.02. The molecule has 27 heavy (non-hydrogen) atoms. The molecule has 3 aliphatic rings. The molecule has 1 atom stereocenters. The first-order valence-electron chi connectivity index (χ1n) is 10.1. The van der Waals surface area contributed by atoms with E-state index in [1.165, 1.54) is 12.5 Å². The minimum atomic E-state index is -0.408. The van der Waals surface area contributed by atoms with Gasteiger partial charge in [0.25, 0.3) is 0 Å². The van der Waals surface area contributed by atoms with Crippen LogP contribution >= 0.6 is 0 Å². The summed E-state index contributed by atoms with van der Waals surface area (Å²) in [6, 6.07) is 6.73. The van der Waals surface area contributed by atoms with Crippen LogP contribution in [0.5, 0.6) is 0 Å². The second-order valence-corrected chi connectivity index (χ2v) is 8.41. The highest BCUT2D eigenvalue weighted by Gasteiger charge is 2.45. The van der Waals surface area contributed by atoms with Gasteiger partial charge in [0.2, 0.25) is 11.8 Å². The van der Waals surface area contributed by atoms with Gasteiger partial charge in [0.1, 0.15) is 5.82 Å². The van der Waals surface area contributed by atoms with Gasteiger partial charge in [0.15, 0.2) is 0 Å². The largest absolute Gasteiger partial charge is 0.339 e. The molecule has 0 unspecified atom stereocenters. The van der Waals surface area contributed by atoms with Crippen LogP contribution in [-0.4, -0.2) is 53.8 Å². The fourth-order valence-electron chi connectivity index (χ4n) is 4.63. The molecule has 2 heterocycles. The molecule has 1 aromatic rings. The van der Waals surface area contributed by atoms with E-state index < -0.39 is 5.82 Å². The third kappa shape index (κ3) is 4.32. The number of hydrogen-bond donors (Lipinski definition) is 1. The van der Waals surface area contributed by atoms with E-state index in [4.69, 9.17) is 0 Å². The van der Waals surface area contributed by atoms with E-state index in [9.17, 15) is 14.0 Å². The van der Waals surface area contributed by atoms with Gasteiger partial charge < -0.3 is 15.1 Å². The quantitative estimate of drug-likeness (QED) is 0.863. The average Bonchev–Trinajstić information content (AvgIpc) is 3.50. The SMILES string of the molecule is O=C(CCN1CCC[C@]2(CCC(=O)N(C3CC3)C2)C1)Nc1ccccc1F. The van der Waals surface area contributed by atoms with Gasteiger partial charge in [-0.15, -0.1) is 0 Å². The number of anilines is 1. The molecule has 2 saturated heterocycles. The number of benzene rings is 1. The Balaban J connectivity index is 1.30. The van der Waals surface area contributed by atoms with Crippen LogP contribution in [0.4, 0.5) is 10.1 Å².